The molecule has 20 heavy (non-hydrogen) atoms. The van der Waals surface area contributed by atoms with Gasteiger partial charge in [0.05, 0.1) is 6.61 Å². The summed E-state index contributed by atoms with van der Waals surface area (Å²) in [4.78, 5) is 10.6. The van der Waals surface area contributed by atoms with E-state index in [-0.39, 0.29) is 12.2 Å². The third-order valence-corrected chi connectivity index (χ3v) is 3.65. The number of carbonyl (C=O) groups is 1. The van der Waals surface area contributed by atoms with Crippen LogP contribution in [-0.2, 0) is 28.3 Å². The fraction of sp³-hybridized carbons (Fsp3) is 0.769. The Kier molecular flexibility index (Phi) is 7.43. The fourth-order valence-electron chi connectivity index (χ4n) is 1.86. The first-order valence-corrected chi connectivity index (χ1v) is 8.38. The highest BCUT2D eigenvalue weighted by Crippen LogP contribution is 2.23. The lowest BCUT2D eigenvalue weighted by atomic mass is 10.1. The molecule has 1 aliphatic rings. The van der Waals surface area contributed by atoms with Gasteiger partial charge in [0.25, 0.3) is 5.76 Å². The van der Waals surface area contributed by atoms with Gasteiger partial charge >= 0.3 is 16.3 Å². The second kappa shape index (κ2) is 8.84. The summed E-state index contributed by atoms with van der Waals surface area (Å²) < 4.78 is 35.7. The fourth-order valence-corrected chi connectivity index (χ4v) is 2.54. The summed E-state index contributed by atoms with van der Waals surface area (Å²) in [6, 6.07) is 0. The number of aldehydes is 1. The standard InChI is InChI=1S/C13H22O6S/c1-2-3-4-5-6-7-8-9-10-17-13-12(11-14)18-20(15,16)19-13/h11H,2-10H2,1H3. The lowest BCUT2D eigenvalue weighted by Gasteiger charge is -2.04. The Balaban J connectivity index is 2.08. The molecule has 0 atom stereocenters. The smallest absolute Gasteiger partial charge is 0.462 e. The molecule has 0 aromatic heterocycles. The van der Waals surface area contributed by atoms with Crippen LogP contribution in [0.1, 0.15) is 58.3 Å². The van der Waals surface area contributed by atoms with Gasteiger partial charge in [-0.1, -0.05) is 51.9 Å². The van der Waals surface area contributed by atoms with E-state index in [9.17, 15) is 13.2 Å². The Morgan fingerprint density at radius 1 is 1.00 bits per heavy atom. The van der Waals surface area contributed by atoms with Crippen LogP contribution < -0.4 is 0 Å². The molecule has 0 fully saturated rings. The van der Waals surface area contributed by atoms with Crippen LogP contribution in [0, 0.1) is 0 Å². The quantitative estimate of drug-likeness (QED) is 0.431. The number of carbonyl (C=O) groups excluding carboxylic acids is 1. The second-order valence-electron chi connectivity index (χ2n) is 4.67. The van der Waals surface area contributed by atoms with E-state index in [0.717, 1.165) is 19.3 Å². The minimum atomic E-state index is -4.15. The zero-order chi connectivity index (χ0) is 14.8. The maximum atomic E-state index is 10.9. The van der Waals surface area contributed by atoms with Crippen LogP contribution in [-0.4, -0.2) is 21.3 Å². The molecular formula is C13H22O6S. The van der Waals surface area contributed by atoms with Crippen LogP contribution in [0.15, 0.2) is 11.7 Å². The van der Waals surface area contributed by atoms with Gasteiger partial charge in [-0.15, -0.1) is 8.42 Å². The summed E-state index contributed by atoms with van der Waals surface area (Å²) in [6.07, 6.45) is 9.45. The molecule has 1 rings (SSSR count). The Hall–Kier alpha value is -1.24. The molecule has 1 aliphatic heterocycles. The van der Waals surface area contributed by atoms with E-state index in [1.54, 1.807) is 0 Å². The van der Waals surface area contributed by atoms with E-state index in [4.69, 9.17) is 4.74 Å². The van der Waals surface area contributed by atoms with E-state index in [2.05, 4.69) is 15.3 Å². The molecule has 1 heterocycles. The van der Waals surface area contributed by atoms with Crippen molar-refractivity contribution in [2.45, 2.75) is 58.3 Å². The van der Waals surface area contributed by atoms with Gasteiger partial charge in [-0.25, -0.2) is 0 Å². The van der Waals surface area contributed by atoms with Crippen LogP contribution in [0.3, 0.4) is 0 Å². The minimum Gasteiger partial charge on any atom is -0.462 e. The van der Waals surface area contributed by atoms with Crippen LogP contribution >= 0.6 is 0 Å². The van der Waals surface area contributed by atoms with Crippen LogP contribution in [0.2, 0.25) is 0 Å². The van der Waals surface area contributed by atoms with E-state index in [1.165, 1.54) is 32.1 Å². The molecule has 0 unspecified atom stereocenters. The van der Waals surface area contributed by atoms with Crippen molar-refractivity contribution in [3.05, 3.63) is 11.7 Å². The molecule has 0 aromatic rings. The van der Waals surface area contributed by atoms with Gasteiger partial charge in [-0.3, -0.25) is 4.79 Å². The molecular weight excluding hydrogens is 284 g/mol. The van der Waals surface area contributed by atoms with Crippen LogP contribution in [0.4, 0.5) is 0 Å². The van der Waals surface area contributed by atoms with Gasteiger partial charge in [0.1, 0.15) is 0 Å². The molecule has 116 valence electrons. The first kappa shape index (κ1) is 16.8. The molecule has 6 nitrogen and oxygen atoms in total. The number of hydrogen-bond acceptors (Lipinski definition) is 6. The lowest BCUT2D eigenvalue weighted by molar-refractivity contribution is -0.106. The Morgan fingerprint density at radius 3 is 2.20 bits per heavy atom. The second-order valence-corrected chi connectivity index (χ2v) is 5.82. The number of rotatable bonds is 11. The van der Waals surface area contributed by atoms with Crippen molar-refractivity contribution < 1.29 is 26.3 Å². The number of hydrogen-bond donors (Lipinski definition) is 0. The van der Waals surface area contributed by atoms with Crippen LogP contribution in [0.25, 0.3) is 0 Å². The SMILES string of the molecule is CCCCCCCCCCOC1=C(C=O)OS(=O)(=O)O1. The molecule has 0 bridgehead atoms. The Bertz CT molecular complexity index is 426. The highest BCUT2D eigenvalue weighted by Gasteiger charge is 2.32. The maximum Gasteiger partial charge on any atom is 0.504 e. The number of ether oxygens (including phenoxy) is 1. The van der Waals surface area contributed by atoms with Crippen LogP contribution in [0.5, 0.6) is 0 Å². The summed E-state index contributed by atoms with van der Waals surface area (Å²) in [5, 5.41) is 0. The van der Waals surface area contributed by atoms with Crippen molar-refractivity contribution in [3.63, 3.8) is 0 Å². The summed E-state index contributed by atoms with van der Waals surface area (Å²) in [7, 11) is -4.15. The van der Waals surface area contributed by atoms with Gasteiger partial charge in [0.2, 0.25) is 0 Å². The minimum absolute atomic E-state index is 0.258. The summed E-state index contributed by atoms with van der Waals surface area (Å²) in [6.45, 7) is 2.50. The van der Waals surface area contributed by atoms with Gasteiger partial charge in [-0.2, -0.15) is 0 Å². The lowest BCUT2D eigenvalue weighted by Crippen LogP contribution is -2.01. The average Bonchev–Trinajstić information content (AvgIpc) is 2.71. The highest BCUT2D eigenvalue weighted by atomic mass is 32.3. The van der Waals surface area contributed by atoms with E-state index in [1.807, 2.05) is 0 Å². The number of allylic oxidation sites excluding steroid dienone is 1. The van der Waals surface area contributed by atoms with E-state index < -0.39 is 16.2 Å². The van der Waals surface area contributed by atoms with Gasteiger partial charge < -0.3 is 13.1 Å². The zero-order valence-corrected chi connectivity index (χ0v) is 12.6. The van der Waals surface area contributed by atoms with Gasteiger partial charge in [0.15, 0.2) is 6.29 Å². The molecule has 0 saturated carbocycles. The molecule has 0 radical (unpaired) electrons. The molecule has 0 aliphatic carbocycles. The Labute approximate surface area is 120 Å². The monoisotopic (exact) mass is 306 g/mol. The van der Waals surface area contributed by atoms with Crippen molar-refractivity contribution in [2.75, 3.05) is 6.61 Å². The van der Waals surface area contributed by atoms with Crippen molar-refractivity contribution in [1.29, 1.82) is 0 Å². The molecule has 0 saturated heterocycles. The predicted octanol–water partition coefficient (Wildman–Crippen LogP) is 2.80. The molecule has 0 N–H and O–H groups in total. The Morgan fingerprint density at radius 2 is 1.60 bits per heavy atom. The zero-order valence-electron chi connectivity index (χ0n) is 11.8. The highest BCUT2D eigenvalue weighted by molar-refractivity contribution is 7.82. The van der Waals surface area contributed by atoms with E-state index >= 15 is 0 Å². The summed E-state index contributed by atoms with van der Waals surface area (Å²) >= 11 is 0. The third-order valence-electron chi connectivity index (χ3n) is 2.91. The topological polar surface area (TPSA) is 78.9 Å². The van der Waals surface area contributed by atoms with Crippen molar-refractivity contribution in [2.24, 2.45) is 0 Å². The first-order chi connectivity index (χ1) is 9.59. The largest absolute Gasteiger partial charge is 0.504 e. The average molecular weight is 306 g/mol. The normalized spacial score (nSPS) is 16.6. The first-order valence-electron chi connectivity index (χ1n) is 7.05. The van der Waals surface area contributed by atoms with Gasteiger partial charge in [-0.05, 0) is 6.42 Å². The molecule has 0 amide bonds. The molecule has 0 aromatic carbocycles. The van der Waals surface area contributed by atoms with Crippen molar-refractivity contribution in [3.8, 4) is 0 Å². The number of unbranched alkanes of at least 4 members (excludes halogenated alkanes) is 7. The van der Waals surface area contributed by atoms with Gasteiger partial charge in [0, 0.05) is 0 Å². The predicted molar refractivity (Wildman–Crippen MR) is 72.7 cm³/mol. The molecule has 0 spiro atoms. The maximum absolute atomic E-state index is 10.9. The van der Waals surface area contributed by atoms with Crippen molar-refractivity contribution in [1.82, 2.24) is 0 Å². The summed E-state index contributed by atoms with van der Waals surface area (Å²) in [5.41, 5.74) is 0. The third kappa shape index (κ3) is 6.27. The van der Waals surface area contributed by atoms with E-state index in [0.29, 0.717) is 6.61 Å². The molecule has 7 heteroatoms. The summed E-state index contributed by atoms with van der Waals surface area (Å²) in [5.74, 6) is -0.785. The van der Waals surface area contributed by atoms with Crippen molar-refractivity contribution >= 4 is 16.7 Å².